The van der Waals surface area contributed by atoms with Crippen LogP contribution in [0.3, 0.4) is 0 Å². The van der Waals surface area contributed by atoms with Crippen molar-refractivity contribution in [3.63, 3.8) is 0 Å². The number of hydrogen-bond acceptors (Lipinski definition) is 4. The maximum atomic E-state index is 12.4. The van der Waals surface area contributed by atoms with Crippen LogP contribution in [0.2, 0.25) is 0 Å². The third-order valence-corrected chi connectivity index (χ3v) is 3.08. The Balaban J connectivity index is 1.99. The molecule has 0 radical (unpaired) electrons. The van der Waals surface area contributed by atoms with Crippen molar-refractivity contribution < 1.29 is 23.0 Å². The lowest BCUT2D eigenvalue weighted by molar-refractivity contribution is -0.116. The van der Waals surface area contributed by atoms with Gasteiger partial charge in [-0.25, -0.2) is 0 Å². The second-order valence-electron chi connectivity index (χ2n) is 4.89. The number of amides is 1. The number of pyridine rings is 1. The number of benzene rings is 1. The van der Waals surface area contributed by atoms with Crippen molar-refractivity contribution in [2.24, 2.45) is 0 Å². The molecule has 1 N–H and O–H groups in total. The van der Waals surface area contributed by atoms with Crippen LogP contribution in [-0.2, 0) is 11.3 Å². The van der Waals surface area contributed by atoms with Crippen LogP contribution in [0.5, 0.6) is 11.5 Å². The maximum Gasteiger partial charge on any atom is 0.387 e. The van der Waals surface area contributed by atoms with Crippen molar-refractivity contribution in [3.05, 3.63) is 59.9 Å². The number of carbonyl (C=O) groups excluding carboxylic acids is 1. The van der Waals surface area contributed by atoms with Gasteiger partial charge in [-0.05, 0) is 42.8 Å². The van der Waals surface area contributed by atoms with Gasteiger partial charge in [-0.15, -0.1) is 0 Å². The van der Waals surface area contributed by atoms with Crippen molar-refractivity contribution in [1.82, 2.24) is 10.3 Å². The van der Waals surface area contributed by atoms with E-state index in [-0.39, 0.29) is 17.4 Å². The summed E-state index contributed by atoms with van der Waals surface area (Å²) in [5.41, 5.74) is 1.37. The minimum Gasteiger partial charge on any atom is -0.490 e. The number of alkyl halides is 2. The molecular formula is C18H18F2N2O3. The Bertz CT molecular complexity index is 722. The average molecular weight is 348 g/mol. The Morgan fingerprint density at radius 3 is 2.80 bits per heavy atom. The van der Waals surface area contributed by atoms with Crippen LogP contribution >= 0.6 is 0 Å². The first-order valence-corrected chi connectivity index (χ1v) is 7.66. The van der Waals surface area contributed by atoms with Crippen LogP contribution in [-0.4, -0.2) is 24.1 Å². The van der Waals surface area contributed by atoms with Gasteiger partial charge in [-0.1, -0.05) is 12.1 Å². The molecule has 0 saturated heterocycles. The van der Waals surface area contributed by atoms with E-state index in [0.717, 1.165) is 5.69 Å². The predicted octanol–water partition coefficient (Wildman–Crippen LogP) is 3.41. The Morgan fingerprint density at radius 1 is 1.28 bits per heavy atom. The van der Waals surface area contributed by atoms with Crippen LogP contribution < -0.4 is 14.8 Å². The molecule has 132 valence electrons. The van der Waals surface area contributed by atoms with E-state index in [1.807, 2.05) is 6.07 Å². The standard InChI is InChI=1S/C18H18F2N2O3/c1-2-24-16-11-13(6-8-15(16)25-18(19)20)7-9-17(23)22-12-14-5-3-4-10-21-14/h3-11,18H,2,12H2,1H3,(H,22,23)/b9-7+. The molecule has 0 fully saturated rings. The summed E-state index contributed by atoms with van der Waals surface area (Å²) in [6.45, 7) is -0.579. The van der Waals surface area contributed by atoms with Crippen LogP contribution in [0.25, 0.3) is 6.08 Å². The summed E-state index contributed by atoms with van der Waals surface area (Å²) in [6.07, 6.45) is 4.56. The number of carbonyl (C=O) groups is 1. The van der Waals surface area contributed by atoms with E-state index in [1.165, 1.54) is 18.2 Å². The first-order chi connectivity index (χ1) is 12.1. The van der Waals surface area contributed by atoms with Crippen LogP contribution in [0.15, 0.2) is 48.7 Å². The monoisotopic (exact) mass is 348 g/mol. The molecule has 5 nitrogen and oxygen atoms in total. The number of ether oxygens (including phenoxy) is 2. The molecular weight excluding hydrogens is 330 g/mol. The van der Waals surface area contributed by atoms with Crippen molar-refractivity contribution in [2.45, 2.75) is 20.1 Å². The van der Waals surface area contributed by atoms with Crippen molar-refractivity contribution in [1.29, 1.82) is 0 Å². The number of rotatable bonds is 8. The Labute approximate surface area is 144 Å². The molecule has 2 aromatic rings. The Kier molecular flexibility index (Phi) is 6.88. The van der Waals surface area contributed by atoms with Crippen molar-refractivity contribution in [2.75, 3.05) is 6.61 Å². The Morgan fingerprint density at radius 2 is 2.12 bits per heavy atom. The smallest absolute Gasteiger partial charge is 0.387 e. The molecule has 0 aliphatic heterocycles. The van der Waals surface area contributed by atoms with Gasteiger partial charge in [-0.3, -0.25) is 9.78 Å². The van der Waals surface area contributed by atoms with E-state index in [9.17, 15) is 13.6 Å². The average Bonchev–Trinajstić information content (AvgIpc) is 2.61. The van der Waals surface area contributed by atoms with E-state index in [2.05, 4.69) is 15.0 Å². The van der Waals surface area contributed by atoms with Gasteiger partial charge in [0.25, 0.3) is 0 Å². The van der Waals surface area contributed by atoms with Gasteiger partial charge in [0.05, 0.1) is 18.8 Å². The molecule has 0 spiro atoms. The summed E-state index contributed by atoms with van der Waals surface area (Å²) in [5, 5.41) is 2.70. The topological polar surface area (TPSA) is 60.5 Å². The lowest BCUT2D eigenvalue weighted by Gasteiger charge is -2.11. The van der Waals surface area contributed by atoms with Crippen LogP contribution in [0.1, 0.15) is 18.2 Å². The fourth-order valence-electron chi connectivity index (χ4n) is 2.00. The largest absolute Gasteiger partial charge is 0.490 e. The van der Waals surface area contributed by atoms with E-state index >= 15 is 0 Å². The second kappa shape index (κ2) is 9.36. The van der Waals surface area contributed by atoms with E-state index in [1.54, 1.807) is 37.4 Å². The third-order valence-electron chi connectivity index (χ3n) is 3.08. The maximum absolute atomic E-state index is 12.4. The molecule has 0 aliphatic carbocycles. The molecule has 1 amide bonds. The number of nitrogens with zero attached hydrogens (tertiary/aromatic N) is 1. The van der Waals surface area contributed by atoms with E-state index < -0.39 is 6.61 Å². The fraction of sp³-hybridized carbons (Fsp3) is 0.222. The van der Waals surface area contributed by atoms with Gasteiger partial charge in [0.2, 0.25) is 5.91 Å². The summed E-state index contributed by atoms with van der Waals surface area (Å²) in [6, 6.07) is 9.90. The first kappa shape index (κ1) is 18.4. The molecule has 7 heteroatoms. The molecule has 0 bridgehead atoms. The van der Waals surface area contributed by atoms with Crippen LogP contribution in [0.4, 0.5) is 8.78 Å². The van der Waals surface area contributed by atoms with Gasteiger partial charge in [0, 0.05) is 12.3 Å². The molecule has 1 aromatic carbocycles. The Hall–Kier alpha value is -2.96. The molecule has 0 aliphatic rings. The highest BCUT2D eigenvalue weighted by atomic mass is 19.3. The summed E-state index contributed by atoms with van der Waals surface area (Å²) in [4.78, 5) is 15.9. The fourth-order valence-corrected chi connectivity index (χ4v) is 2.00. The highest BCUT2D eigenvalue weighted by Gasteiger charge is 2.11. The number of nitrogens with one attached hydrogen (secondary N) is 1. The van der Waals surface area contributed by atoms with Gasteiger partial charge >= 0.3 is 6.61 Å². The molecule has 1 heterocycles. The minimum absolute atomic E-state index is 0.0476. The highest BCUT2D eigenvalue weighted by molar-refractivity contribution is 5.91. The molecule has 0 unspecified atom stereocenters. The van der Waals surface area contributed by atoms with Gasteiger partial charge in [0.1, 0.15) is 0 Å². The quantitative estimate of drug-likeness (QED) is 0.743. The molecule has 2 rings (SSSR count). The van der Waals surface area contributed by atoms with Crippen molar-refractivity contribution >= 4 is 12.0 Å². The molecule has 25 heavy (non-hydrogen) atoms. The number of halogens is 2. The summed E-state index contributed by atoms with van der Waals surface area (Å²) < 4.78 is 34.4. The summed E-state index contributed by atoms with van der Waals surface area (Å²) in [7, 11) is 0. The predicted molar refractivity (Wildman–Crippen MR) is 89.4 cm³/mol. The SMILES string of the molecule is CCOc1cc(/C=C/C(=O)NCc2ccccn2)ccc1OC(F)F. The van der Waals surface area contributed by atoms with Gasteiger partial charge in [-0.2, -0.15) is 8.78 Å². The summed E-state index contributed by atoms with van der Waals surface area (Å²) in [5.74, 6) is -0.149. The van der Waals surface area contributed by atoms with Crippen molar-refractivity contribution in [3.8, 4) is 11.5 Å². The zero-order valence-electron chi connectivity index (χ0n) is 13.6. The number of hydrogen-bond donors (Lipinski definition) is 1. The molecule has 0 atom stereocenters. The minimum atomic E-state index is -2.93. The van der Waals surface area contributed by atoms with Gasteiger partial charge < -0.3 is 14.8 Å². The molecule has 0 saturated carbocycles. The lowest BCUT2D eigenvalue weighted by atomic mass is 10.2. The van der Waals surface area contributed by atoms with E-state index in [0.29, 0.717) is 18.7 Å². The summed E-state index contributed by atoms with van der Waals surface area (Å²) >= 11 is 0. The zero-order chi connectivity index (χ0) is 18.1. The lowest BCUT2D eigenvalue weighted by Crippen LogP contribution is -2.20. The highest BCUT2D eigenvalue weighted by Crippen LogP contribution is 2.30. The number of aromatic nitrogens is 1. The first-order valence-electron chi connectivity index (χ1n) is 7.66. The second-order valence-corrected chi connectivity index (χ2v) is 4.89. The third kappa shape index (κ3) is 6.21. The van der Waals surface area contributed by atoms with Crippen LogP contribution in [0, 0.1) is 0 Å². The normalized spacial score (nSPS) is 10.9. The van der Waals surface area contributed by atoms with E-state index in [4.69, 9.17) is 4.74 Å². The van der Waals surface area contributed by atoms with Gasteiger partial charge in [0.15, 0.2) is 11.5 Å². The zero-order valence-corrected chi connectivity index (χ0v) is 13.6. The molecule has 1 aromatic heterocycles.